The number of hydrogen-bond acceptors (Lipinski definition) is 3. The van der Waals surface area contributed by atoms with E-state index in [1.54, 1.807) is 12.1 Å². The molecule has 1 aromatic rings. The van der Waals surface area contributed by atoms with Crippen LogP contribution in [0.5, 0.6) is 0 Å². The predicted molar refractivity (Wildman–Crippen MR) is 132 cm³/mol. The summed E-state index contributed by atoms with van der Waals surface area (Å²) in [5.41, 5.74) is 1.06. The van der Waals surface area contributed by atoms with Crippen LogP contribution in [-0.2, 0) is 10.2 Å². The standard InChI is InChI=1S/C23H37FN4O.HI/c1-5-25-22(27-21-15-28(17(2)3)14-18(21)4)26-16-23(10-12-29-13-11-23)19-6-8-20(24)9-7-19;/h6-9,17-18,21H,5,10-16H2,1-4H3,(H2,25,26,27);1H. The Kier molecular flexibility index (Phi) is 9.81. The summed E-state index contributed by atoms with van der Waals surface area (Å²) in [5.74, 6) is 1.26. The number of guanidine groups is 1. The summed E-state index contributed by atoms with van der Waals surface area (Å²) in [4.78, 5) is 7.52. The summed E-state index contributed by atoms with van der Waals surface area (Å²) >= 11 is 0. The van der Waals surface area contributed by atoms with E-state index in [-0.39, 0.29) is 35.2 Å². The Hall–Kier alpha value is -0.930. The van der Waals surface area contributed by atoms with Crippen molar-refractivity contribution in [2.45, 2.75) is 58.0 Å². The van der Waals surface area contributed by atoms with E-state index in [9.17, 15) is 4.39 Å². The van der Waals surface area contributed by atoms with Crippen LogP contribution in [-0.4, -0.2) is 62.3 Å². The number of rotatable bonds is 6. The summed E-state index contributed by atoms with van der Waals surface area (Å²) in [6, 6.07) is 7.90. The average Bonchev–Trinajstić information content (AvgIpc) is 3.08. The van der Waals surface area contributed by atoms with Crippen molar-refractivity contribution >= 4 is 29.9 Å². The lowest BCUT2D eigenvalue weighted by atomic mass is 9.74. The van der Waals surface area contributed by atoms with Gasteiger partial charge in [0, 0.05) is 50.3 Å². The first-order valence-electron chi connectivity index (χ1n) is 11.1. The fraction of sp³-hybridized carbons (Fsp3) is 0.696. The van der Waals surface area contributed by atoms with Crippen molar-refractivity contribution in [2.24, 2.45) is 10.9 Å². The highest BCUT2D eigenvalue weighted by molar-refractivity contribution is 14.0. The molecule has 0 aliphatic carbocycles. The van der Waals surface area contributed by atoms with Crippen LogP contribution in [0.3, 0.4) is 0 Å². The Balaban J connectivity index is 0.00000320. The van der Waals surface area contributed by atoms with E-state index in [4.69, 9.17) is 9.73 Å². The number of likely N-dealkylation sites (tertiary alicyclic amines) is 1. The predicted octanol–water partition coefficient (Wildman–Crippen LogP) is 3.78. The van der Waals surface area contributed by atoms with E-state index >= 15 is 0 Å². The number of nitrogens with one attached hydrogen (secondary N) is 2. The normalized spacial score (nSPS) is 24.5. The highest BCUT2D eigenvalue weighted by Gasteiger charge is 2.35. The van der Waals surface area contributed by atoms with Crippen LogP contribution in [0.4, 0.5) is 4.39 Å². The number of benzene rings is 1. The summed E-state index contributed by atoms with van der Waals surface area (Å²) in [7, 11) is 0. The third-order valence-corrected chi connectivity index (χ3v) is 6.48. The second kappa shape index (κ2) is 11.6. The van der Waals surface area contributed by atoms with Gasteiger partial charge in [-0.1, -0.05) is 19.1 Å². The number of halogens is 2. The minimum Gasteiger partial charge on any atom is -0.381 e. The van der Waals surface area contributed by atoms with E-state index < -0.39 is 0 Å². The molecule has 2 heterocycles. The van der Waals surface area contributed by atoms with Gasteiger partial charge in [0.15, 0.2) is 5.96 Å². The van der Waals surface area contributed by atoms with Crippen molar-refractivity contribution in [3.63, 3.8) is 0 Å². The molecule has 0 radical (unpaired) electrons. The van der Waals surface area contributed by atoms with E-state index in [1.165, 1.54) is 0 Å². The number of ether oxygens (including phenoxy) is 1. The lowest BCUT2D eigenvalue weighted by Gasteiger charge is -2.37. The van der Waals surface area contributed by atoms with E-state index in [0.717, 1.165) is 57.2 Å². The van der Waals surface area contributed by atoms with Crippen molar-refractivity contribution in [2.75, 3.05) is 39.4 Å². The highest BCUT2D eigenvalue weighted by atomic mass is 127. The van der Waals surface area contributed by atoms with Gasteiger partial charge in [0.1, 0.15) is 5.82 Å². The molecule has 2 saturated heterocycles. The molecule has 5 nitrogen and oxygen atoms in total. The zero-order valence-electron chi connectivity index (χ0n) is 18.8. The molecule has 2 unspecified atom stereocenters. The largest absolute Gasteiger partial charge is 0.381 e. The molecule has 2 aliphatic rings. The molecule has 2 fully saturated rings. The highest BCUT2D eigenvalue weighted by Crippen LogP contribution is 2.35. The lowest BCUT2D eigenvalue weighted by molar-refractivity contribution is 0.0530. The molecule has 0 spiro atoms. The number of hydrogen-bond donors (Lipinski definition) is 2. The van der Waals surface area contributed by atoms with Gasteiger partial charge in [-0.3, -0.25) is 9.89 Å². The summed E-state index contributed by atoms with van der Waals surface area (Å²) < 4.78 is 19.1. The van der Waals surface area contributed by atoms with Crippen LogP contribution in [0.2, 0.25) is 0 Å². The Morgan fingerprint density at radius 2 is 1.90 bits per heavy atom. The molecule has 1 aromatic carbocycles. The first-order valence-corrected chi connectivity index (χ1v) is 11.1. The van der Waals surface area contributed by atoms with Crippen LogP contribution in [0.15, 0.2) is 29.3 Å². The molecule has 0 aromatic heterocycles. The molecule has 170 valence electrons. The van der Waals surface area contributed by atoms with E-state index in [1.807, 2.05) is 12.1 Å². The van der Waals surface area contributed by atoms with Gasteiger partial charge >= 0.3 is 0 Å². The molecule has 0 saturated carbocycles. The monoisotopic (exact) mass is 532 g/mol. The molecule has 30 heavy (non-hydrogen) atoms. The zero-order chi connectivity index (χ0) is 20.9. The minimum atomic E-state index is -0.195. The van der Waals surface area contributed by atoms with Crippen LogP contribution in [0, 0.1) is 11.7 Å². The number of nitrogens with zero attached hydrogens (tertiary/aromatic N) is 2. The second-order valence-electron chi connectivity index (χ2n) is 8.87. The molecular formula is C23H38FIN4O. The van der Waals surface area contributed by atoms with Crippen molar-refractivity contribution in [1.82, 2.24) is 15.5 Å². The van der Waals surface area contributed by atoms with Gasteiger partial charge < -0.3 is 15.4 Å². The fourth-order valence-electron chi connectivity index (χ4n) is 4.44. The Bertz CT molecular complexity index is 676. The average molecular weight is 532 g/mol. The smallest absolute Gasteiger partial charge is 0.191 e. The van der Waals surface area contributed by atoms with Crippen molar-refractivity contribution < 1.29 is 9.13 Å². The van der Waals surface area contributed by atoms with Crippen molar-refractivity contribution in [3.8, 4) is 0 Å². The topological polar surface area (TPSA) is 48.9 Å². The summed E-state index contributed by atoms with van der Waals surface area (Å²) in [6.07, 6.45) is 1.81. The quantitative estimate of drug-likeness (QED) is 0.333. The van der Waals surface area contributed by atoms with Gasteiger partial charge in [-0.2, -0.15) is 0 Å². The third kappa shape index (κ3) is 6.29. The van der Waals surface area contributed by atoms with E-state index in [0.29, 0.717) is 24.5 Å². The van der Waals surface area contributed by atoms with Crippen LogP contribution < -0.4 is 10.6 Å². The van der Waals surface area contributed by atoms with Crippen LogP contribution in [0.1, 0.15) is 46.1 Å². The zero-order valence-corrected chi connectivity index (χ0v) is 21.1. The second-order valence-corrected chi connectivity index (χ2v) is 8.87. The molecular weight excluding hydrogens is 494 g/mol. The number of aliphatic imine (C=N–C) groups is 1. The van der Waals surface area contributed by atoms with Gasteiger partial charge in [0.25, 0.3) is 0 Å². The van der Waals surface area contributed by atoms with Gasteiger partial charge in [-0.15, -0.1) is 24.0 Å². The molecule has 2 N–H and O–H groups in total. The Morgan fingerprint density at radius 3 is 2.47 bits per heavy atom. The van der Waals surface area contributed by atoms with Gasteiger partial charge in [0.05, 0.1) is 6.54 Å². The first-order chi connectivity index (χ1) is 13.9. The van der Waals surface area contributed by atoms with Crippen molar-refractivity contribution in [3.05, 3.63) is 35.6 Å². The fourth-order valence-corrected chi connectivity index (χ4v) is 4.44. The maximum Gasteiger partial charge on any atom is 0.191 e. The molecule has 0 bridgehead atoms. The Labute approximate surface area is 198 Å². The molecule has 7 heteroatoms. The Morgan fingerprint density at radius 1 is 1.23 bits per heavy atom. The van der Waals surface area contributed by atoms with Crippen molar-refractivity contribution in [1.29, 1.82) is 0 Å². The summed E-state index contributed by atoms with van der Waals surface area (Å²) in [5, 5.41) is 7.10. The van der Waals surface area contributed by atoms with Crippen LogP contribution in [0.25, 0.3) is 0 Å². The van der Waals surface area contributed by atoms with Gasteiger partial charge in [0.2, 0.25) is 0 Å². The molecule has 0 amide bonds. The molecule has 2 aliphatic heterocycles. The summed E-state index contributed by atoms with van der Waals surface area (Å²) in [6.45, 7) is 14.0. The van der Waals surface area contributed by atoms with E-state index in [2.05, 4.69) is 43.2 Å². The lowest BCUT2D eigenvalue weighted by Crippen LogP contribution is -2.47. The van der Waals surface area contributed by atoms with Gasteiger partial charge in [-0.05, 0) is 57.2 Å². The van der Waals surface area contributed by atoms with Gasteiger partial charge in [-0.25, -0.2) is 4.39 Å². The first kappa shape index (κ1) is 25.3. The third-order valence-electron chi connectivity index (χ3n) is 6.48. The van der Waals surface area contributed by atoms with Crippen LogP contribution >= 0.6 is 24.0 Å². The maximum atomic E-state index is 13.5. The SMILES string of the molecule is CCNC(=NCC1(c2ccc(F)cc2)CCOCC1)NC1CN(C(C)C)CC1C.I. The minimum absolute atomic E-state index is 0. The maximum absolute atomic E-state index is 13.5. The molecule has 3 rings (SSSR count). The molecule has 2 atom stereocenters.